The van der Waals surface area contributed by atoms with Crippen LogP contribution in [0, 0.1) is 5.92 Å². The van der Waals surface area contributed by atoms with Crippen molar-refractivity contribution in [1.82, 2.24) is 20.7 Å². The summed E-state index contributed by atoms with van der Waals surface area (Å²) >= 11 is 1.53. The van der Waals surface area contributed by atoms with Gasteiger partial charge in [-0.3, -0.25) is 9.63 Å². The third-order valence-corrected chi connectivity index (χ3v) is 5.27. The molecule has 1 fully saturated rings. The fraction of sp³-hybridized carbons (Fsp3) is 0.421. The summed E-state index contributed by atoms with van der Waals surface area (Å²) < 4.78 is 0. The smallest absolute Gasteiger partial charge is 0.341 e. The molecular formula is C19H24N4O3S. The molecule has 1 aromatic carbocycles. The van der Waals surface area contributed by atoms with Crippen molar-refractivity contribution in [2.45, 2.75) is 26.3 Å². The molecule has 0 aliphatic carbocycles. The van der Waals surface area contributed by atoms with E-state index in [1.807, 2.05) is 35.7 Å². The predicted molar refractivity (Wildman–Crippen MR) is 104 cm³/mol. The average Bonchev–Trinajstić information content (AvgIpc) is 3.20. The van der Waals surface area contributed by atoms with Crippen molar-refractivity contribution in [3.05, 3.63) is 40.7 Å². The van der Waals surface area contributed by atoms with Crippen LogP contribution in [0.5, 0.6) is 0 Å². The van der Waals surface area contributed by atoms with Gasteiger partial charge in [-0.2, -0.15) is 0 Å². The fourth-order valence-corrected chi connectivity index (χ4v) is 3.76. The predicted octanol–water partition coefficient (Wildman–Crippen LogP) is 2.80. The quantitative estimate of drug-likeness (QED) is 0.746. The zero-order chi connectivity index (χ0) is 19.1. The van der Waals surface area contributed by atoms with Gasteiger partial charge in [-0.25, -0.2) is 15.3 Å². The maximum atomic E-state index is 12.5. The van der Waals surface area contributed by atoms with Crippen LogP contribution < -0.4 is 10.8 Å². The van der Waals surface area contributed by atoms with E-state index in [0.29, 0.717) is 26.2 Å². The molecule has 8 heteroatoms. The Morgan fingerprint density at radius 1 is 1.33 bits per heavy atom. The van der Waals surface area contributed by atoms with Gasteiger partial charge in [0.15, 0.2) is 0 Å². The van der Waals surface area contributed by atoms with Crippen LogP contribution in [0.4, 0.5) is 4.79 Å². The summed E-state index contributed by atoms with van der Waals surface area (Å²) in [7, 11) is 0. The van der Waals surface area contributed by atoms with Gasteiger partial charge < -0.3 is 10.2 Å². The Kier molecular flexibility index (Phi) is 6.78. The number of rotatable bonds is 6. The van der Waals surface area contributed by atoms with Gasteiger partial charge in [-0.1, -0.05) is 30.3 Å². The van der Waals surface area contributed by atoms with Gasteiger partial charge in [-0.05, 0) is 19.8 Å². The largest absolute Gasteiger partial charge is 0.349 e. The van der Waals surface area contributed by atoms with Gasteiger partial charge in [0.25, 0.3) is 0 Å². The van der Waals surface area contributed by atoms with E-state index in [0.717, 1.165) is 29.1 Å². The van der Waals surface area contributed by atoms with E-state index in [1.165, 1.54) is 11.3 Å². The fourth-order valence-electron chi connectivity index (χ4n) is 3.01. The van der Waals surface area contributed by atoms with Crippen molar-refractivity contribution in [3.63, 3.8) is 0 Å². The highest BCUT2D eigenvalue weighted by Crippen LogP contribution is 2.22. The highest BCUT2D eigenvalue weighted by molar-refractivity contribution is 7.09. The molecule has 3 amide bonds. The third kappa shape index (κ3) is 5.27. The number of piperidine rings is 1. The topological polar surface area (TPSA) is 83.6 Å². The molecule has 27 heavy (non-hydrogen) atoms. The molecule has 1 aliphatic heterocycles. The number of benzene rings is 1. The van der Waals surface area contributed by atoms with E-state index < -0.39 is 0 Å². The summed E-state index contributed by atoms with van der Waals surface area (Å²) in [5.41, 5.74) is 4.37. The lowest BCUT2D eigenvalue weighted by atomic mass is 9.97. The third-order valence-electron chi connectivity index (χ3n) is 4.42. The average molecular weight is 388 g/mol. The normalized spacial score (nSPS) is 16.8. The first-order valence-corrected chi connectivity index (χ1v) is 9.99. The van der Waals surface area contributed by atoms with Crippen LogP contribution in [0.25, 0.3) is 11.3 Å². The lowest BCUT2D eigenvalue weighted by Gasteiger charge is -2.31. The molecule has 1 unspecified atom stereocenters. The zero-order valence-electron chi connectivity index (χ0n) is 15.3. The van der Waals surface area contributed by atoms with Crippen molar-refractivity contribution < 1.29 is 14.4 Å². The second-order valence-electron chi connectivity index (χ2n) is 6.34. The van der Waals surface area contributed by atoms with Crippen molar-refractivity contribution in [2.75, 3.05) is 19.7 Å². The molecule has 0 saturated carbocycles. The van der Waals surface area contributed by atoms with E-state index in [1.54, 1.807) is 11.8 Å². The molecule has 0 spiro atoms. The molecule has 0 bridgehead atoms. The van der Waals surface area contributed by atoms with E-state index in [9.17, 15) is 9.59 Å². The Morgan fingerprint density at radius 3 is 2.93 bits per heavy atom. The highest BCUT2D eigenvalue weighted by Gasteiger charge is 2.28. The zero-order valence-corrected chi connectivity index (χ0v) is 16.1. The molecule has 2 N–H and O–H groups in total. The summed E-state index contributed by atoms with van der Waals surface area (Å²) in [5.74, 6) is -0.250. The number of urea groups is 1. The van der Waals surface area contributed by atoms with Gasteiger partial charge in [0.1, 0.15) is 5.01 Å². The molecule has 1 saturated heterocycles. The van der Waals surface area contributed by atoms with Gasteiger partial charge >= 0.3 is 6.03 Å². The lowest BCUT2D eigenvalue weighted by molar-refractivity contribution is -0.126. The molecule has 3 rings (SSSR count). The first kappa shape index (κ1) is 19.3. The van der Waals surface area contributed by atoms with Crippen LogP contribution in [-0.2, 0) is 16.2 Å². The number of hydroxylamine groups is 1. The molecule has 2 aromatic rings. The first-order chi connectivity index (χ1) is 13.2. The number of thiazole rings is 1. The summed E-state index contributed by atoms with van der Waals surface area (Å²) in [6.45, 7) is 3.64. The minimum absolute atomic E-state index is 0.0413. The maximum absolute atomic E-state index is 12.5. The molecule has 144 valence electrons. The number of nitrogens with zero attached hydrogens (tertiary/aromatic N) is 2. The lowest BCUT2D eigenvalue weighted by Crippen LogP contribution is -2.48. The molecule has 0 radical (unpaired) electrons. The van der Waals surface area contributed by atoms with E-state index in [2.05, 4.69) is 15.8 Å². The molecule has 2 heterocycles. The minimum Gasteiger partial charge on any atom is -0.349 e. The van der Waals surface area contributed by atoms with Crippen LogP contribution in [-0.4, -0.2) is 41.5 Å². The highest BCUT2D eigenvalue weighted by atomic mass is 32.1. The number of aromatic nitrogens is 1. The van der Waals surface area contributed by atoms with Crippen LogP contribution in [0.2, 0.25) is 0 Å². The van der Waals surface area contributed by atoms with Gasteiger partial charge in [0.2, 0.25) is 5.91 Å². The molecule has 1 aromatic heterocycles. The number of hydrogen-bond acceptors (Lipinski definition) is 5. The molecule has 1 aliphatic rings. The Labute approximate surface area is 162 Å². The SMILES string of the molecule is CCONC(=O)N1CCCC(C(=O)NCc2nc(-c3ccccc3)cs2)C1. The number of carbonyl (C=O) groups excluding carboxylic acids is 2. The van der Waals surface area contributed by atoms with Crippen LogP contribution >= 0.6 is 11.3 Å². The Bertz CT molecular complexity index is 765. The maximum Gasteiger partial charge on any atom is 0.341 e. The monoisotopic (exact) mass is 388 g/mol. The minimum atomic E-state index is -0.290. The van der Waals surface area contributed by atoms with Crippen LogP contribution in [0.1, 0.15) is 24.8 Å². The van der Waals surface area contributed by atoms with Crippen molar-refractivity contribution in [3.8, 4) is 11.3 Å². The van der Waals surface area contributed by atoms with E-state index in [4.69, 9.17) is 4.84 Å². The second-order valence-corrected chi connectivity index (χ2v) is 7.28. The van der Waals surface area contributed by atoms with E-state index >= 15 is 0 Å². The number of amides is 3. The van der Waals surface area contributed by atoms with Crippen LogP contribution in [0.3, 0.4) is 0 Å². The number of nitrogens with one attached hydrogen (secondary N) is 2. The summed E-state index contributed by atoms with van der Waals surface area (Å²) in [6.07, 6.45) is 1.57. The molecular weight excluding hydrogens is 364 g/mol. The van der Waals surface area contributed by atoms with Crippen molar-refractivity contribution >= 4 is 23.3 Å². The van der Waals surface area contributed by atoms with Gasteiger partial charge in [0, 0.05) is 24.0 Å². The Balaban J connectivity index is 1.50. The number of carbonyl (C=O) groups is 2. The van der Waals surface area contributed by atoms with E-state index in [-0.39, 0.29) is 17.9 Å². The Morgan fingerprint density at radius 2 is 2.15 bits per heavy atom. The molecule has 7 nitrogen and oxygen atoms in total. The van der Waals surface area contributed by atoms with Crippen molar-refractivity contribution in [2.24, 2.45) is 5.92 Å². The standard InChI is InChI=1S/C19H24N4O3S/c1-2-26-22-19(25)23-10-6-9-15(12-23)18(24)20-11-17-21-16(13-27-17)14-7-4-3-5-8-14/h3-5,7-8,13,15H,2,6,9-12H2,1H3,(H,20,24)(H,22,25). The number of hydrogen-bond donors (Lipinski definition) is 2. The second kappa shape index (κ2) is 9.48. The van der Waals surface area contributed by atoms with Gasteiger partial charge in [-0.15, -0.1) is 11.3 Å². The first-order valence-electron chi connectivity index (χ1n) is 9.11. The summed E-state index contributed by atoms with van der Waals surface area (Å²) in [5, 5.41) is 5.82. The number of likely N-dealkylation sites (tertiary alicyclic amines) is 1. The summed E-state index contributed by atoms with van der Waals surface area (Å²) in [6, 6.07) is 9.67. The molecule has 1 atom stereocenters. The van der Waals surface area contributed by atoms with Crippen molar-refractivity contribution in [1.29, 1.82) is 0 Å². The summed E-state index contributed by atoms with van der Waals surface area (Å²) in [4.78, 5) is 35.7. The Hall–Kier alpha value is -2.45. The van der Waals surface area contributed by atoms with Crippen LogP contribution in [0.15, 0.2) is 35.7 Å². The van der Waals surface area contributed by atoms with Gasteiger partial charge in [0.05, 0.1) is 24.8 Å².